The normalized spacial score (nSPS) is 12.4. The van der Waals surface area contributed by atoms with E-state index in [0.717, 1.165) is 24.8 Å². The maximum absolute atomic E-state index is 9.69. The van der Waals surface area contributed by atoms with Crippen molar-refractivity contribution in [3.63, 3.8) is 0 Å². The first-order valence-corrected chi connectivity index (χ1v) is 4.53. The van der Waals surface area contributed by atoms with E-state index < -0.39 is 0 Å². The molecule has 0 aliphatic heterocycles. The van der Waals surface area contributed by atoms with E-state index in [1.165, 1.54) is 0 Å². The molecule has 0 aliphatic rings. The molecule has 70 valence electrons. The Morgan fingerprint density at radius 1 is 1.46 bits per heavy atom. The largest absolute Gasteiger partial charge is 0.388 e. The first-order valence-electron chi connectivity index (χ1n) is 4.53. The third-order valence-corrected chi connectivity index (χ3v) is 1.98. The number of aliphatic hydroxyl groups is 1. The molecule has 2 nitrogen and oxygen atoms in total. The Hall–Kier alpha value is -1.15. The monoisotopic (exact) mass is 177 g/mol. The molecular formula is C11H15NO. The summed E-state index contributed by atoms with van der Waals surface area (Å²) in [6, 6.07) is 3.69. The second-order valence-electron chi connectivity index (χ2n) is 3.02. The molecule has 0 saturated heterocycles. The van der Waals surface area contributed by atoms with Crippen LogP contribution in [0.3, 0.4) is 0 Å². The van der Waals surface area contributed by atoms with Crippen molar-refractivity contribution in [1.82, 2.24) is 4.98 Å². The number of nitrogens with zero attached hydrogens (tertiary/aromatic N) is 1. The van der Waals surface area contributed by atoms with Crippen LogP contribution in [0.2, 0.25) is 0 Å². The molecule has 1 rings (SSSR count). The number of hydrogen-bond donors (Lipinski definition) is 1. The summed E-state index contributed by atoms with van der Waals surface area (Å²) in [7, 11) is 0. The average Bonchev–Trinajstić information content (AvgIpc) is 2.19. The summed E-state index contributed by atoms with van der Waals surface area (Å²) in [6.45, 7) is 3.64. The maximum Gasteiger partial charge on any atom is 0.0791 e. The number of unbranched alkanes of at least 4 members (excludes halogenated alkanes) is 1. The van der Waals surface area contributed by atoms with Crippen LogP contribution in [0.4, 0.5) is 0 Å². The molecule has 1 aromatic heterocycles. The predicted molar refractivity (Wildman–Crippen MR) is 53.2 cm³/mol. The van der Waals surface area contributed by atoms with Crippen LogP contribution in [-0.2, 0) is 0 Å². The Bertz CT molecular complexity index is 246. The molecule has 1 aromatic rings. The van der Waals surface area contributed by atoms with Crippen molar-refractivity contribution in [3.05, 3.63) is 42.7 Å². The van der Waals surface area contributed by atoms with Crippen molar-refractivity contribution in [2.75, 3.05) is 0 Å². The molecule has 1 unspecified atom stereocenters. The van der Waals surface area contributed by atoms with Gasteiger partial charge in [-0.15, -0.1) is 6.58 Å². The summed E-state index contributed by atoms with van der Waals surface area (Å²) >= 11 is 0. The topological polar surface area (TPSA) is 33.1 Å². The fourth-order valence-electron chi connectivity index (χ4n) is 1.21. The number of aliphatic hydroxyl groups excluding tert-OH is 1. The lowest BCUT2D eigenvalue weighted by atomic mass is 10.1. The molecule has 0 aromatic carbocycles. The van der Waals surface area contributed by atoms with E-state index in [1.54, 1.807) is 12.4 Å². The van der Waals surface area contributed by atoms with Gasteiger partial charge in [-0.3, -0.25) is 4.98 Å². The molecule has 2 heteroatoms. The number of hydrogen-bond acceptors (Lipinski definition) is 2. The highest BCUT2D eigenvalue weighted by atomic mass is 16.3. The van der Waals surface area contributed by atoms with Crippen LogP contribution in [0.25, 0.3) is 0 Å². The van der Waals surface area contributed by atoms with Crippen molar-refractivity contribution in [2.45, 2.75) is 25.4 Å². The van der Waals surface area contributed by atoms with Gasteiger partial charge in [0.1, 0.15) is 0 Å². The van der Waals surface area contributed by atoms with Gasteiger partial charge in [-0.05, 0) is 37.0 Å². The van der Waals surface area contributed by atoms with Gasteiger partial charge in [-0.25, -0.2) is 0 Å². The lowest BCUT2D eigenvalue weighted by molar-refractivity contribution is 0.165. The second kappa shape index (κ2) is 5.49. The Morgan fingerprint density at radius 2 is 2.15 bits per heavy atom. The van der Waals surface area contributed by atoms with Gasteiger partial charge in [0.15, 0.2) is 0 Å². The second-order valence-corrected chi connectivity index (χ2v) is 3.02. The van der Waals surface area contributed by atoms with Crippen LogP contribution in [0.15, 0.2) is 37.2 Å². The fraction of sp³-hybridized carbons (Fsp3) is 0.364. The van der Waals surface area contributed by atoms with Crippen LogP contribution in [0.1, 0.15) is 30.9 Å². The summed E-state index contributed by atoms with van der Waals surface area (Å²) in [5.74, 6) is 0. The van der Waals surface area contributed by atoms with Gasteiger partial charge >= 0.3 is 0 Å². The van der Waals surface area contributed by atoms with E-state index in [1.807, 2.05) is 18.2 Å². The van der Waals surface area contributed by atoms with E-state index in [-0.39, 0.29) is 6.10 Å². The van der Waals surface area contributed by atoms with Crippen LogP contribution >= 0.6 is 0 Å². The molecule has 0 fully saturated rings. The highest BCUT2D eigenvalue weighted by molar-refractivity contribution is 5.12. The molecule has 0 radical (unpaired) electrons. The van der Waals surface area contributed by atoms with Crippen molar-refractivity contribution in [3.8, 4) is 0 Å². The first kappa shape index (κ1) is 9.93. The summed E-state index contributed by atoms with van der Waals surface area (Å²) in [5.41, 5.74) is 0.944. The maximum atomic E-state index is 9.69. The van der Waals surface area contributed by atoms with Crippen molar-refractivity contribution < 1.29 is 5.11 Å². The van der Waals surface area contributed by atoms with Crippen LogP contribution in [0, 0.1) is 0 Å². The van der Waals surface area contributed by atoms with Crippen molar-refractivity contribution in [1.29, 1.82) is 0 Å². The minimum absolute atomic E-state index is 0.358. The van der Waals surface area contributed by atoms with Gasteiger partial charge in [-0.1, -0.05) is 6.08 Å². The zero-order chi connectivity index (χ0) is 9.52. The molecule has 0 aliphatic carbocycles. The Balaban J connectivity index is 2.39. The van der Waals surface area contributed by atoms with Gasteiger partial charge in [0.2, 0.25) is 0 Å². The SMILES string of the molecule is C=CCCCC(O)c1ccncc1. The van der Waals surface area contributed by atoms with Crippen LogP contribution < -0.4 is 0 Å². The number of pyridine rings is 1. The lowest BCUT2D eigenvalue weighted by Gasteiger charge is -2.08. The van der Waals surface area contributed by atoms with Crippen molar-refractivity contribution in [2.24, 2.45) is 0 Å². The van der Waals surface area contributed by atoms with E-state index >= 15 is 0 Å². The van der Waals surface area contributed by atoms with E-state index in [0.29, 0.717) is 0 Å². The predicted octanol–water partition coefficient (Wildman–Crippen LogP) is 2.47. The lowest BCUT2D eigenvalue weighted by Crippen LogP contribution is -1.96. The third kappa shape index (κ3) is 3.38. The molecule has 1 atom stereocenters. The van der Waals surface area contributed by atoms with Crippen molar-refractivity contribution >= 4 is 0 Å². The zero-order valence-electron chi connectivity index (χ0n) is 7.69. The van der Waals surface area contributed by atoms with Gasteiger partial charge in [-0.2, -0.15) is 0 Å². The molecule has 0 saturated carbocycles. The molecule has 0 bridgehead atoms. The fourth-order valence-corrected chi connectivity index (χ4v) is 1.21. The molecule has 0 spiro atoms. The summed E-state index contributed by atoms with van der Waals surface area (Å²) in [6.07, 6.45) is 7.64. The van der Waals surface area contributed by atoms with Gasteiger partial charge in [0, 0.05) is 12.4 Å². The minimum Gasteiger partial charge on any atom is -0.388 e. The Morgan fingerprint density at radius 3 is 2.77 bits per heavy atom. The molecule has 1 heterocycles. The highest BCUT2D eigenvalue weighted by Gasteiger charge is 2.04. The average molecular weight is 177 g/mol. The van der Waals surface area contributed by atoms with Crippen LogP contribution in [-0.4, -0.2) is 10.1 Å². The summed E-state index contributed by atoms with van der Waals surface area (Å²) in [4.78, 5) is 3.90. The number of allylic oxidation sites excluding steroid dienone is 1. The molecule has 13 heavy (non-hydrogen) atoms. The molecular weight excluding hydrogens is 162 g/mol. The number of rotatable bonds is 5. The van der Waals surface area contributed by atoms with E-state index in [4.69, 9.17) is 0 Å². The quantitative estimate of drug-likeness (QED) is 0.553. The van der Waals surface area contributed by atoms with Gasteiger partial charge in [0.25, 0.3) is 0 Å². The molecule has 1 N–H and O–H groups in total. The first-order chi connectivity index (χ1) is 6.34. The Kier molecular flexibility index (Phi) is 4.19. The van der Waals surface area contributed by atoms with Gasteiger partial charge in [0.05, 0.1) is 6.10 Å². The molecule has 0 amide bonds. The standard InChI is InChI=1S/C11H15NO/c1-2-3-4-5-11(13)10-6-8-12-9-7-10/h2,6-9,11,13H,1,3-5H2. The number of aromatic nitrogens is 1. The van der Waals surface area contributed by atoms with E-state index in [9.17, 15) is 5.11 Å². The minimum atomic E-state index is -0.358. The third-order valence-electron chi connectivity index (χ3n) is 1.98. The smallest absolute Gasteiger partial charge is 0.0791 e. The van der Waals surface area contributed by atoms with Gasteiger partial charge < -0.3 is 5.11 Å². The summed E-state index contributed by atoms with van der Waals surface area (Å²) in [5, 5.41) is 9.69. The highest BCUT2D eigenvalue weighted by Crippen LogP contribution is 2.17. The van der Waals surface area contributed by atoms with E-state index in [2.05, 4.69) is 11.6 Å². The zero-order valence-corrected chi connectivity index (χ0v) is 7.69. The summed E-state index contributed by atoms with van der Waals surface area (Å²) < 4.78 is 0. The van der Waals surface area contributed by atoms with Crippen LogP contribution in [0.5, 0.6) is 0 Å². The Labute approximate surface area is 78.9 Å².